The molecule has 0 amide bonds. The van der Waals surface area contributed by atoms with Gasteiger partial charge < -0.3 is 0 Å². The van der Waals surface area contributed by atoms with Crippen LogP contribution in [0, 0.1) is 392 Å². The van der Waals surface area contributed by atoms with Crippen LogP contribution in [0.4, 0.5) is 0 Å². The van der Waals surface area contributed by atoms with E-state index in [1.165, 1.54) is 0 Å². The van der Waals surface area contributed by atoms with Crippen molar-refractivity contribution in [3.8, 4) is 0 Å². The first-order valence-corrected chi connectivity index (χ1v) is 0. The second-order valence-corrected chi connectivity index (χ2v) is 0. The zero-order valence-corrected chi connectivity index (χ0v) is 46.2. The fourth-order valence-corrected chi connectivity index (χ4v) is 0. The van der Waals surface area contributed by atoms with Crippen molar-refractivity contribution >= 4 is 0 Å². The minimum atomic E-state index is 0. The van der Waals surface area contributed by atoms with Crippen LogP contribution in [0.2, 0.25) is 0 Å². The van der Waals surface area contributed by atoms with Crippen molar-refractivity contribution in [2.45, 2.75) is 0 Å². The topological polar surface area (TPSA) is 0 Å². The maximum Gasteiger partial charge on any atom is 0 e. The fourth-order valence-electron chi connectivity index (χ4n) is 0. The molecule has 0 saturated carbocycles. The van der Waals surface area contributed by atoms with Crippen LogP contribution in [0.15, 0.2) is 0 Å². The fraction of sp³-hybridized carbons (Fsp3) is 0. The van der Waals surface area contributed by atoms with E-state index in [9.17, 15) is 0 Å². The molecule has 0 spiro atoms. The Balaban J connectivity index is 0. The Morgan fingerprint density at radius 1 is 0.0909 bits per heavy atom. The van der Waals surface area contributed by atoms with Gasteiger partial charge in [0, 0.05) is 392 Å². The van der Waals surface area contributed by atoms with Crippen LogP contribution < -0.4 is 0 Å². The summed E-state index contributed by atoms with van der Waals surface area (Å²) in [4.78, 5) is 0. The summed E-state index contributed by atoms with van der Waals surface area (Å²) >= 11 is 0. The predicted molar refractivity (Wildman–Crippen MR) is 0 cm³/mol. The first-order valence-electron chi connectivity index (χ1n) is 0. The minimum Gasteiger partial charge on any atom is 0 e. The van der Waals surface area contributed by atoms with Crippen LogP contribution in [0.3, 0.4) is 0 Å². The molecule has 0 nitrogen and oxygen atoms in total. The molecule has 0 aliphatic carbocycles. The summed E-state index contributed by atoms with van der Waals surface area (Å²) < 4.78 is 0. The molecule has 0 N–H and O–H groups in total. The Morgan fingerprint density at radius 3 is 0.0909 bits per heavy atom. The normalized spacial score (nSPS) is 0. The van der Waals surface area contributed by atoms with E-state index in [-0.39, 0.29) is 392 Å². The molecule has 0 rings (SSSR count). The standard InChI is InChI=1S/11La. The maximum atomic E-state index is 0. The molecule has 0 unspecified atom stereocenters. The van der Waals surface area contributed by atoms with Crippen molar-refractivity contribution in [2.24, 2.45) is 0 Å². The Hall–Kier alpha value is 13.1. The first-order chi connectivity index (χ1) is 0. The smallest absolute Gasteiger partial charge is 0 e. The van der Waals surface area contributed by atoms with Gasteiger partial charge in [-0.1, -0.05) is 0 Å². The maximum absolute atomic E-state index is 0. The SMILES string of the molecule is [La].[La].[La].[La].[La].[La].[La].[La].[La].[La].[La]. The van der Waals surface area contributed by atoms with E-state index in [4.69, 9.17) is 0 Å². The van der Waals surface area contributed by atoms with Gasteiger partial charge in [-0.25, -0.2) is 0 Å². The van der Waals surface area contributed by atoms with Crippen LogP contribution in [-0.2, 0) is 0 Å². The summed E-state index contributed by atoms with van der Waals surface area (Å²) in [7, 11) is 0. The molecule has 11 heavy (non-hydrogen) atoms. The Kier molecular flexibility index (Phi) is 447. The average molecular weight is 1530 g/mol. The molecule has 0 bridgehead atoms. The van der Waals surface area contributed by atoms with Crippen LogP contribution in [0.1, 0.15) is 0 Å². The second kappa shape index (κ2) is 65.7. The summed E-state index contributed by atoms with van der Waals surface area (Å²) in [5, 5.41) is 0. The molecule has 0 aromatic rings. The van der Waals surface area contributed by atoms with Gasteiger partial charge >= 0.3 is 0 Å². The Bertz CT molecular complexity index is 0. The van der Waals surface area contributed by atoms with Gasteiger partial charge in [-0.2, -0.15) is 0 Å². The zero-order chi connectivity index (χ0) is 0. The van der Waals surface area contributed by atoms with Crippen molar-refractivity contribution in [1.82, 2.24) is 0 Å². The molecule has 0 atom stereocenters. The third-order valence-corrected chi connectivity index (χ3v) is 0. The van der Waals surface area contributed by atoms with Gasteiger partial charge in [0.1, 0.15) is 0 Å². The van der Waals surface area contributed by atoms with Crippen LogP contribution in [0.25, 0.3) is 0 Å². The van der Waals surface area contributed by atoms with E-state index >= 15 is 0 Å². The number of hydrogen-bond acceptors (Lipinski definition) is 0. The monoisotopic (exact) mass is 1530 g/mol. The van der Waals surface area contributed by atoms with E-state index < -0.39 is 0 Å². The van der Waals surface area contributed by atoms with Crippen molar-refractivity contribution < 1.29 is 392 Å². The summed E-state index contributed by atoms with van der Waals surface area (Å²) in [5.41, 5.74) is 0. The predicted octanol–water partition coefficient (Wildman–Crippen LogP) is 0. The van der Waals surface area contributed by atoms with Crippen molar-refractivity contribution in [3.63, 3.8) is 0 Å². The van der Waals surface area contributed by atoms with Gasteiger partial charge in [-0.3, -0.25) is 0 Å². The summed E-state index contributed by atoms with van der Waals surface area (Å²) in [6.45, 7) is 0. The molecule has 0 fully saturated rings. The Labute approximate surface area is 377 Å². The van der Waals surface area contributed by atoms with Gasteiger partial charge in [0.2, 0.25) is 0 Å². The van der Waals surface area contributed by atoms with Gasteiger partial charge in [0.25, 0.3) is 0 Å². The van der Waals surface area contributed by atoms with E-state index in [0.29, 0.717) is 0 Å². The summed E-state index contributed by atoms with van der Waals surface area (Å²) in [6.07, 6.45) is 0. The van der Waals surface area contributed by atoms with Crippen LogP contribution in [0.5, 0.6) is 0 Å². The molecule has 0 heterocycles. The molecule has 11 heteroatoms. The van der Waals surface area contributed by atoms with E-state index in [1.54, 1.807) is 0 Å². The van der Waals surface area contributed by atoms with Crippen molar-refractivity contribution in [3.05, 3.63) is 0 Å². The molecular weight excluding hydrogens is 1530 g/mol. The molecule has 0 aliphatic rings. The molecule has 0 aromatic carbocycles. The minimum absolute atomic E-state index is 0. The van der Waals surface area contributed by atoms with E-state index in [2.05, 4.69) is 0 Å². The number of rotatable bonds is 0. The third kappa shape index (κ3) is 59.9. The third-order valence-electron chi connectivity index (χ3n) is 0. The van der Waals surface area contributed by atoms with Crippen LogP contribution in [-0.4, -0.2) is 0 Å². The van der Waals surface area contributed by atoms with Crippen molar-refractivity contribution in [1.29, 1.82) is 0 Å². The molecule has 0 saturated heterocycles. The molecule has 11 radical (unpaired) electrons. The largest absolute Gasteiger partial charge is 0 e. The summed E-state index contributed by atoms with van der Waals surface area (Å²) in [5.74, 6) is 0. The van der Waals surface area contributed by atoms with Crippen LogP contribution >= 0.6 is 0 Å². The van der Waals surface area contributed by atoms with Crippen molar-refractivity contribution in [2.75, 3.05) is 0 Å². The van der Waals surface area contributed by atoms with Gasteiger partial charge in [-0.15, -0.1) is 0 Å². The van der Waals surface area contributed by atoms with E-state index in [0.717, 1.165) is 0 Å². The average Bonchev–Trinajstić information content (AvgIpc) is 0. The van der Waals surface area contributed by atoms with Gasteiger partial charge in [0.05, 0.1) is 0 Å². The molecular formula is La11. The van der Waals surface area contributed by atoms with E-state index in [1.807, 2.05) is 0 Å². The molecule has 33 valence electrons. The Morgan fingerprint density at radius 2 is 0.0909 bits per heavy atom. The number of hydrogen-bond donors (Lipinski definition) is 0. The second-order valence-electron chi connectivity index (χ2n) is 0. The van der Waals surface area contributed by atoms with Gasteiger partial charge in [0.15, 0.2) is 0 Å². The first kappa shape index (κ1) is 74.9. The zero-order valence-electron chi connectivity index (χ0n) is 6.35. The summed E-state index contributed by atoms with van der Waals surface area (Å²) in [6, 6.07) is 0. The molecule has 0 aromatic heterocycles. The molecule has 0 aliphatic heterocycles. The quantitative estimate of drug-likeness (QED) is 0.321. The van der Waals surface area contributed by atoms with Gasteiger partial charge in [-0.05, 0) is 0 Å².